The monoisotopic (exact) mass is 605 g/mol. The third kappa shape index (κ3) is 6.99. The molecule has 4 rings (SSSR count). The SMILES string of the molecule is Cn1cnc(S(=O)(=O)Nc2cccc(C(c3c(O)cc(CCC(N)C(=O)NC(CO)(CO)CO)oc3=O)C3CC3)c2)c1. The average molecular weight is 606 g/mol. The lowest BCUT2D eigenvalue weighted by Crippen LogP contribution is -2.60. The molecule has 3 aromatic rings. The van der Waals surface area contributed by atoms with Crippen LogP contribution in [0.5, 0.6) is 5.75 Å². The van der Waals surface area contributed by atoms with Gasteiger partial charge in [-0.25, -0.2) is 9.78 Å². The van der Waals surface area contributed by atoms with Gasteiger partial charge in [-0.05, 0) is 42.9 Å². The maximum absolute atomic E-state index is 13.1. The van der Waals surface area contributed by atoms with Gasteiger partial charge in [0.1, 0.15) is 17.0 Å². The molecule has 42 heavy (non-hydrogen) atoms. The van der Waals surface area contributed by atoms with Crippen LogP contribution in [-0.2, 0) is 28.3 Å². The summed E-state index contributed by atoms with van der Waals surface area (Å²) in [6.07, 6.45) is 4.36. The Morgan fingerprint density at radius 2 is 1.90 bits per heavy atom. The lowest BCUT2D eigenvalue weighted by atomic mass is 9.87. The van der Waals surface area contributed by atoms with Crippen LogP contribution in [0.25, 0.3) is 0 Å². The standard InChI is InChI=1S/C27H35N5O9S/c1-32-11-22(29-15-32)42(39,40)31-18-4-2-3-17(9-18)23(16-5-6-16)24-21(36)10-19(41-26(24)38)7-8-20(28)25(37)30-27(12-33,13-34)14-35/h2-4,9-11,15-16,20,23,31,33-36H,5-8,12-14,28H2,1H3,(H,30,37). The van der Waals surface area contributed by atoms with Crippen molar-refractivity contribution in [2.75, 3.05) is 24.5 Å². The zero-order chi connectivity index (χ0) is 30.7. The van der Waals surface area contributed by atoms with E-state index in [1.54, 1.807) is 31.3 Å². The molecule has 1 aromatic carbocycles. The number of carbonyl (C=O) groups is 1. The summed E-state index contributed by atoms with van der Waals surface area (Å²) in [6.45, 7) is -2.11. The van der Waals surface area contributed by atoms with Gasteiger partial charge < -0.3 is 40.5 Å². The van der Waals surface area contributed by atoms with Crippen LogP contribution in [0.2, 0.25) is 0 Å². The van der Waals surface area contributed by atoms with Crippen LogP contribution in [0.3, 0.4) is 0 Å². The molecule has 228 valence electrons. The minimum absolute atomic E-state index is 0.00353. The highest BCUT2D eigenvalue weighted by molar-refractivity contribution is 7.92. The third-order valence-corrected chi connectivity index (χ3v) is 8.48. The Labute approximate surface area is 241 Å². The number of carbonyl (C=O) groups excluding carboxylic acids is 1. The molecule has 8 N–H and O–H groups in total. The summed E-state index contributed by atoms with van der Waals surface area (Å²) in [5.74, 6) is -1.45. The highest BCUT2D eigenvalue weighted by atomic mass is 32.2. The number of benzene rings is 1. The quantitative estimate of drug-likeness (QED) is 0.124. The Balaban J connectivity index is 1.52. The molecule has 0 saturated heterocycles. The average Bonchev–Trinajstić information content (AvgIpc) is 3.69. The number of sulfonamides is 1. The molecule has 1 saturated carbocycles. The lowest BCUT2D eigenvalue weighted by Gasteiger charge is -2.30. The van der Waals surface area contributed by atoms with E-state index in [1.165, 1.54) is 23.2 Å². The van der Waals surface area contributed by atoms with E-state index in [0.717, 1.165) is 12.8 Å². The van der Waals surface area contributed by atoms with Gasteiger partial charge in [-0.15, -0.1) is 0 Å². The smallest absolute Gasteiger partial charge is 0.343 e. The van der Waals surface area contributed by atoms with Crippen LogP contribution in [0.4, 0.5) is 5.69 Å². The van der Waals surface area contributed by atoms with Crippen molar-refractivity contribution in [2.45, 2.75) is 48.2 Å². The van der Waals surface area contributed by atoms with E-state index in [-0.39, 0.29) is 46.5 Å². The van der Waals surface area contributed by atoms with E-state index < -0.39 is 58.9 Å². The van der Waals surface area contributed by atoms with Gasteiger partial charge in [0.2, 0.25) is 5.91 Å². The summed E-state index contributed by atoms with van der Waals surface area (Å²) in [7, 11) is -2.29. The van der Waals surface area contributed by atoms with Crippen molar-refractivity contribution < 1.29 is 38.1 Å². The molecule has 2 heterocycles. The summed E-state index contributed by atoms with van der Waals surface area (Å²) >= 11 is 0. The van der Waals surface area contributed by atoms with Gasteiger partial charge in [0, 0.05) is 37.3 Å². The predicted octanol–water partition coefficient (Wildman–Crippen LogP) is -0.487. The van der Waals surface area contributed by atoms with Crippen molar-refractivity contribution in [1.29, 1.82) is 0 Å². The number of nitrogens with one attached hydrogen (secondary N) is 2. The van der Waals surface area contributed by atoms with Crippen molar-refractivity contribution >= 4 is 21.6 Å². The van der Waals surface area contributed by atoms with Crippen LogP contribution in [0, 0.1) is 5.92 Å². The van der Waals surface area contributed by atoms with E-state index in [0.29, 0.717) is 5.56 Å². The Morgan fingerprint density at radius 3 is 2.48 bits per heavy atom. The van der Waals surface area contributed by atoms with Gasteiger partial charge in [0.05, 0.1) is 37.8 Å². The molecular formula is C27H35N5O9S. The molecule has 1 aliphatic rings. The van der Waals surface area contributed by atoms with Crippen molar-refractivity contribution in [3.8, 4) is 5.75 Å². The highest BCUT2D eigenvalue weighted by Gasteiger charge is 2.38. The van der Waals surface area contributed by atoms with Crippen molar-refractivity contribution in [1.82, 2.24) is 14.9 Å². The van der Waals surface area contributed by atoms with E-state index in [4.69, 9.17) is 10.2 Å². The third-order valence-electron chi connectivity index (χ3n) is 7.21. The Morgan fingerprint density at radius 1 is 1.21 bits per heavy atom. The van der Waals surface area contributed by atoms with Crippen molar-refractivity contribution in [3.63, 3.8) is 0 Å². The first-order valence-corrected chi connectivity index (χ1v) is 14.8. The fourth-order valence-corrected chi connectivity index (χ4v) is 5.67. The second kappa shape index (κ2) is 12.6. The number of aromatic hydroxyl groups is 1. The normalized spacial score (nSPS) is 15.3. The number of aromatic nitrogens is 2. The first-order valence-electron chi connectivity index (χ1n) is 13.3. The van der Waals surface area contributed by atoms with Crippen LogP contribution in [0.15, 0.2) is 57.1 Å². The molecule has 0 spiro atoms. The number of anilines is 1. The largest absolute Gasteiger partial charge is 0.507 e. The number of aliphatic hydroxyl groups excluding tert-OH is 3. The minimum Gasteiger partial charge on any atom is -0.507 e. The van der Waals surface area contributed by atoms with Crippen molar-refractivity contribution in [2.24, 2.45) is 18.7 Å². The summed E-state index contributed by atoms with van der Waals surface area (Å²) in [4.78, 5) is 29.4. The predicted molar refractivity (Wildman–Crippen MR) is 150 cm³/mol. The van der Waals surface area contributed by atoms with E-state index in [1.807, 2.05) is 0 Å². The molecule has 1 aliphatic carbocycles. The number of amides is 1. The van der Waals surface area contributed by atoms with Crippen LogP contribution in [-0.4, -0.2) is 75.7 Å². The van der Waals surface area contributed by atoms with Gasteiger partial charge in [0.15, 0.2) is 5.03 Å². The van der Waals surface area contributed by atoms with Gasteiger partial charge in [-0.2, -0.15) is 8.42 Å². The fourth-order valence-electron chi connectivity index (χ4n) is 4.63. The first kappa shape index (κ1) is 31.2. The topological polar surface area (TPSA) is 230 Å². The number of aliphatic hydroxyl groups is 3. The number of imidazole rings is 1. The molecule has 0 bridgehead atoms. The molecule has 15 heteroatoms. The molecule has 2 atom stereocenters. The first-order chi connectivity index (χ1) is 19.9. The molecule has 0 radical (unpaired) electrons. The summed E-state index contributed by atoms with van der Waals surface area (Å²) < 4.78 is 35.0. The Hall–Kier alpha value is -3.76. The number of rotatable bonds is 14. The van der Waals surface area contributed by atoms with Crippen LogP contribution < -0.4 is 21.4 Å². The molecular weight excluding hydrogens is 570 g/mol. The molecule has 1 fully saturated rings. The molecule has 14 nitrogen and oxygen atoms in total. The molecule has 2 aromatic heterocycles. The number of nitrogens with two attached hydrogens (primary N) is 1. The number of aryl methyl sites for hydroxylation is 2. The maximum Gasteiger partial charge on any atom is 0.343 e. The van der Waals surface area contributed by atoms with E-state index >= 15 is 0 Å². The molecule has 2 unspecified atom stereocenters. The molecule has 0 aliphatic heterocycles. The maximum atomic E-state index is 13.1. The minimum atomic E-state index is -3.95. The second-order valence-electron chi connectivity index (χ2n) is 10.6. The summed E-state index contributed by atoms with van der Waals surface area (Å²) in [5.41, 5.74) is 4.46. The van der Waals surface area contributed by atoms with Crippen LogP contribution in [0.1, 0.15) is 42.1 Å². The van der Waals surface area contributed by atoms with Gasteiger partial charge in [-0.3, -0.25) is 9.52 Å². The summed E-state index contributed by atoms with van der Waals surface area (Å²) in [6, 6.07) is 6.75. The fraction of sp³-hybridized carbons (Fsp3) is 0.444. The van der Waals surface area contributed by atoms with Gasteiger partial charge in [-0.1, -0.05) is 12.1 Å². The van der Waals surface area contributed by atoms with Gasteiger partial charge in [0.25, 0.3) is 10.0 Å². The zero-order valence-corrected chi connectivity index (χ0v) is 23.7. The highest BCUT2D eigenvalue weighted by Crippen LogP contribution is 2.48. The van der Waals surface area contributed by atoms with Gasteiger partial charge >= 0.3 is 5.63 Å². The van der Waals surface area contributed by atoms with E-state index in [2.05, 4.69) is 15.0 Å². The number of nitrogens with zero attached hydrogens (tertiary/aromatic N) is 2. The number of hydrogen-bond donors (Lipinski definition) is 7. The number of hydrogen-bond acceptors (Lipinski definition) is 11. The lowest BCUT2D eigenvalue weighted by molar-refractivity contribution is -0.126. The van der Waals surface area contributed by atoms with Crippen molar-refractivity contribution in [3.05, 3.63) is 70.2 Å². The second-order valence-corrected chi connectivity index (χ2v) is 12.2. The summed E-state index contributed by atoms with van der Waals surface area (Å²) in [5, 5.41) is 41.3. The Bertz CT molecular complexity index is 1570. The Kier molecular flexibility index (Phi) is 9.37. The zero-order valence-electron chi connectivity index (χ0n) is 22.9. The molecule has 1 amide bonds. The van der Waals surface area contributed by atoms with Crippen LogP contribution >= 0.6 is 0 Å². The van der Waals surface area contributed by atoms with E-state index in [9.17, 15) is 38.4 Å².